The van der Waals surface area contributed by atoms with Crippen molar-refractivity contribution in [1.29, 1.82) is 0 Å². The Hall–Kier alpha value is -1.13. The van der Waals surface area contributed by atoms with E-state index in [1.54, 1.807) is 0 Å². The first-order valence-electron chi connectivity index (χ1n) is 7.65. The molecule has 0 amide bonds. The second-order valence-electron chi connectivity index (χ2n) is 5.31. The Morgan fingerprint density at radius 3 is 2.52 bits per heavy atom. The largest absolute Gasteiger partial charge is 0.310 e. The summed E-state index contributed by atoms with van der Waals surface area (Å²) in [5.41, 5.74) is 3.72. The van der Waals surface area contributed by atoms with Crippen LogP contribution in [0, 0.1) is 0 Å². The van der Waals surface area contributed by atoms with E-state index in [0.29, 0.717) is 6.04 Å². The van der Waals surface area contributed by atoms with Gasteiger partial charge < -0.3 is 5.32 Å². The molecule has 1 aromatic carbocycles. The molecule has 1 atom stereocenters. The molecule has 0 bridgehead atoms. The number of aryl methyl sites for hydroxylation is 2. The smallest absolute Gasteiger partial charge is 0.0766 e. The van der Waals surface area contributed by atoms with Gasteiger partial charge in [0.1, 0.15) is 0 Å². The number of hydrogen-bond donors (Lipinski definition) is 1. The first kappa shape index (κ1) is 16.2. The fraction of sp³-hybridized carbons (Fsp3) is 0.471. The van der Waals surface area contributed by atoms with Gasteiger partial charge in [0.15, 0.2) is 0 Å². The van der Waals surface area contributed by atoms with Crippen LogP contribution in [0.25, 0.3) is 0 Å². The summed E-state index contributed by atoms with van der Waals surface area (Å²) >= 11 is 3.72. The van der Waals surface area contributed by atoms with Gasteiger partial charge in [0.05, 0.1) is 15.9 Å². The third-order valence-corrected chi connectivity index (χ3v) is 4.66. The third kappa shape index (κ3) is 3.95. The van der Waals surface area contributed by atoms with Crippen LogP contribution >= 0.6 is 15.9 Å². The van der Waals surface area contributed by atoms with Crippen molar-refractivity contribution in [3.8, 4) is 0 Å². The normalized spacial score (nSPS) is 12.6. The van der Waals surface area contributed by atoms with Crippen molar-refractivity contribution in [3.63, 3.8) is 0 Å². The highest BCUT2D eigenvalue weighted by atomic mass is 79.9. The van der Waals surface area contributed by atoms with Crippen molar-refractivity contribution in [2.45, 2.75) is 39.2 Å². The summed E-state index contributed by atoms with van der Waals surface area (Å²) in [7, 11) is 2.03. The topological polar surface area (TPSA) is 29.9 Å². The molecule has 21 heavy (non-hydrogen) atoms. The number of nitrogens with zero attached hydrogens (tertiary/aromatic N) is 2. The lowest BCUT2D eigenvalue weighted by Crippen LogP contribution is -2.25. The maximum Gasteiger partial charge on any atom is 0.0766 e. The summed E-state index contributed by atoms with van der Waals surface area (Å²) in [6.45, 7) is 5.36. The van der Waals surface area contributed by atoms with Gasteiger partial charge in [-0.25, -0.2) is 0 Å². The second-order valence-corrected chi connectivity index (χ2v) is 6.10. The molecular weight excluding hydrogens is 326 g/mol. The highest BCUT2D eigenvalue weighted by Crippen LogP contribution is 2.26. The van der Waals surface area contributed by atoms with Crippen molar-refractivity contribution < 1.29 is 0 Å². The summed E-state index contributed by atoms with van der Waals surface area (Å²) in [4.78, 5) is 0. The van der Waals surface area contributed by atoms with Crippen LogP contribution in [0.1, 0.15) is 43.3 Å². The molecular formula is C17H24BrN3. The number of benzene rings is 1. The Labute approximate surface area is 135 Å². The third-order valence-electron chi connectivity index (χ3n) is 3.74. The summed E-state index contributed by atoms with van der Waals surface area (Å²) in [6, 6.07) is 11.0. The van der Waals surface area contributed by atoms with E-state index in [2.05, 4.69) is 70.5 Å². The molecule has 2 rings (SSSR count). The van der Waals surface area contributed by atoms with E-state index >= 15 is 0 Å². The van der Waals surface area contributed by atoms with Gasteiger partial charge in [-0.1, -0.05) is 44.2 Å². The maximum absolute atomic E-state index is 4.60. The van der Waals surface area contributed by atoms with Crippen LogP contribution < -0.4 is 5.32 Å². The fourth-order valence-electron chi connectivity index (χ4n) is 2.55. The Morgan fingerprint density at radius 2 is 1.95 bits per heavy atom. The average Bonchev–Trinajstić information content (AvgIpc) is 2.79. The van der Waals surface area contributed by atoms with E-state index in [1.165, 1.54) is 11.3 Å². The van der Waals surface area contributed by atoms with E-state index < -0.39 is 0 Å². The van der Waals surface area contributed by atoms with Crippen molar-refractivity contribution in [3.05, 3.63) is 51.8 Å². The van der Waals surface area contributed by atoms with Gasteiger partial charge in [0.2, 0.25) is 0 Å². The number of halogens is 1. The molecule has 0 spiro atoms. The number of nitrogens with one attached hydrogen (secondary N) is 1. The van der Waals surface area contributed by atoms with Gasteiger partial charge in [-0.05, 0) is 40.9 Å². The minimum atomic E-state index is 0.322. The molecule has 1 N–H and O–H groups in total. The Balaban J connectivity index is 2.25. The van der Waals surface area contributed by atoms with Crippen LogP contribution in [-0.2, 0) is 19.9 Å². The predicted molar refractivity (Wildman–Crippen MR) is 91.5 cm³/mol. The molecule has 4 heteroatoms. The van der Waals surface area contributed by atoms with Crippen LogP contribution in [0.5, 0.6) is 0 Å². The number of hydrogen-bond acceptors (Lipinski definition) is 2. The van der Waals surface area contributed by atoms with Gasteiger partial charge in [-0.3, -0.25) is 4.68 Å². The zero-order chi connectivity index (χ0) is 15.2. The first-order valence-corrected chi connectivity index (χ1v) is 8.45. The molecule has 0 saturated heterocycles. The molecule has 114 valence electrons. The minimum absolute atomic E-state index is 0.322. The van der Waals surface area contributed by atoms with E-state index in [-0.39, 0.29) is 0 Å². The van der Waals surface area contributed by atoms with Crippen LogP contribution in [-0.4, -0.2) is 16.3 Å². The molecule has 1 aromatic heterocycles. The van der Waals surface area contributed by atoms with E-state index in [9.17, 15) is 0 Å². The molecule has 0 aliphatic carbocycles. The van der Waals surface area contributed by atoms with E-state index in [1.807, 2.05) is 11.7 Å². The quantitative estimate of drug-likeness (QED) is 0.817. The van der Waals surface area contributed by atoms with Crippen LogP contribution in [0.4, 0.5) is 0 Å². The Morgan fingerprint density at radius 1 is 1.24 bits per heavy atom. The number of rotatable bonds is 7. The van der Waals surface area contributed by atoms with Gasteiger partial charge in [0.25, 0.3) is 0 Å². The molecule has 2 aromatic rings. The first-order chi connectivity index (χ1) is 10.2. The zero-order valence-electron chi connectivity index (χ0n) is 13.1. The predicted octanol–water partition coefficient (Wildman–Crippen LogP) is 4.03. The summed E-state index contributed by atoms with van der Waals surface area (Å²) in [5.74, 6) is 0. The van der Waals surface area contributed by atoms with Crippen molar-refractivity contribution in [2.24, 2.45) is 7.05 Å². The van der Waals surface area contributed by atoms with Gasteiger partial charge in [-0.2, -0.15) is 5.10 Å². The van der Waals surface area contributed by atoms with Gasteiger partial charge >= 0.3 is 0 Å². The lowest BCUT2D eigenvalue weighted by molar-refractivity contribution is 0.511. The monoisotopic (exact) mass is 349 g/mol. The summed E-state index contributed by atoms with van der Waals surface area (Å²) in [5, 5.41) is 8.25. The molecule has 0 aliphatic rings. The van der Waals surface area contributed by atoms with Gasteiger partial charge in [0, 0.05) is 19.5 Å². The molecule has 0 aliphatic heterocycles. The molecule has 1 unspecified atom stereocenters. The summed E-state index contributed by atoms with van der Waals surface area (Å²) in [6.07, 6.45) is 3.02. The van der Waals surface area contributed by atoms with Crippen molar-refractivity contribution >= 4 is 15.9 Å². The summed E-state index contributed by atoms with van der Waals surface area (Å²) < 4.78 is 3.17. The Kier molecular flexibility index (Phi) is 6.00. The molecule has 3 nitrogen and oxygen atoms in total. The van der Waals surface area contributed by atoms with Gasteiger partial charge in [-0.15, -0.1) is 0 Å². The van der Waals surface area contributed by atoms with E-state index in [4.69, 9.17) is 0 Å². The van der Waals surface area contributed by atoms with Crippen LogP contribution in [0.15, 0.2) is 34.8 Å². The van der Waals surface area contributed by atoms with Crippen molar-refractivity contribution in [1.82, 2.24) is 15.1 Å². The van der Waals surface area contributed by atoms with Crippen LogP contribution in [0.2, 0.25) is 0 Å². The SMILES string of the molecule is CCCNC(Cc1c(Br)c(CC)nn1C)c1ccccc1. The highest BCUT2D eigenvalue weighted by molar-refractivity contribution is 9.10. The number of aromatic nitrogens is 2. The highest BCUT2D eigenvalue weighted by Gasteiger charge is 2.18. The lowest BCUT2D eigenvalue weighted by atomic mass is 10.0. The molecule has 0 saturated carbocycles. The maximum atomic E-state index is 4.60. The fourth-order valence-corrected chi connectivity index (χ4v) is 3.32. The van der Waals surface area contributed by atoms with Crippen molar-refractivity contribution in [2.75, 3.05) is 6.54 Å². The van der Waals surface area contributed by atoms with E-state index in [0.717, 1.165) is 36.0 Å². The second kappa shape index (κ2) is 7.76. The zero-order valence-corrected chi connectivity index (χ0v) is 14.7. The standard InChI is InChI=1S/C17H24BrN3/c1-4-11-19-15(13-9-7-6-8-10-13)12-16-17(18)14(5-2)20-21(16)3/h6-10,15,19H,4-5,11-12H2,1-3H3. The molecule has 0 radical (unpaired) electrons. The molecule has 1 heterocycles. The average molecular weight is 350 g/mol. The minimum Gasteiger partial charge on any atom is -0.310 e. The Bertz CT molecular complexity index is 563. The van der Waals surface area contributed by atoms with Crippen LogP contribution in [0.3, 0.4) is 0 Å². The molecule has 0 fully saturated rings. The lowest BCUT2D eigenvalue weighted by Gasteiger charge is -2.19.